The Bertz CT molecular complexity index is 894. The molecule has 1 aliphatic rings. The summed E-state index contributed by atoms with van der Waals surface area (Å²) in [5.41, 5.74) is 3.31. The van der Waals surface area contributed by atoms with E-state index in [1.807, 2.05) is 54.6 Å². The van der Waals surface area contributed by atoms with E-state index in [0.717, 1.165) is 22.6 Å². The fourth-order valence-electron chi connectivity index (χ4n) is 2.52. The summed E-state index contributed by atoms with van der Waals surface area (Å²) in [5, 5.41) is 0. The van der Waals surface area contributed by atoms with Gasteiger partial charge in [0.25, 0.3) is 0 Å². The van der Waals surface area contributed by atoms with Crippen LogP contribution < -0.4 is 0 Å². The van der Waals surface area contributed by atoms with Crippen LogP contribution in [0.3, 0.4) is 0 Å². The molecular weight excluding hydrogens is 290 g/mol. The molecule has 4 rings (SSSR count). The molecule has 0 amide bonds. The van der Waals surface area contributed by atoms with E-state index in [-0.39, 0.29) is 5.97 Å². The Morgan fingerprint density at radius 2 is 1.87 bits per heavy atom. The molecule has 2 heterocycles. The van der Waals surface area contributed by atoms with Crippen molar-refractivity contribution in [3.63, 3.8) is 0 Å². The van der Waals surface area contributed by atoms with E-state index in [2.05, 4.69) is 4.99 Å². The lowest BCUT2D eigenvalue weighted by molar-refractivity contribution is 0.0535. The lowest BCUT2D eigenvalue weighted by atomic mass is 10.0. The van der Waals surface area contributed by atoms with E-state index >= 15 is 0 Å². The topological polar surface area (TPSA) is 51.8 Å². The highest BCUT2D eigenvalue weighted by Gasteiger charge is 2.21. The first-order chi connectivity index (χ1) is 11.3. The van der Waals surface area contributed by atoms with E-state index in [1.54, 1.807) is 12.3 Å². The molecule has 1 aromatic heterocycles. The molecule has 0 spiro atoms. The van der Waals surface area contributed by atoms with Gasteiger partial charge in [0.2, 0.25) is 0 Å². The van der Waals surface area contributed by atoms with Crippen LogP contribution in [-0.2, 0) is 11.3 Å². The van der Waals surface area contributed by atoms with Crippen molar-refractivity contribution in [2.45, 2.75) is 6.61 Å². The maximum Gasteiger partial charge on any atom is 0.338 e. The third-order valence-electron chi connectivity index (χ3n) is 3.69. The first-order valence-electron chi connectivity index (χ1n) is 7.29. The van der Waals surface area contributed by atoms with Crippen molar-refractivity contribution >= 4 is 17.9 Å². The molecule has 0 fully saturated rings. The number of esters is 1. The Labute approximate surface area is 133 Å². The molecule has 112 valence electrons. The van der Waals surface area contributed by atoms with E-state index in [4.69, 9.17) is 9.15 Å². The van der Waals surface area contributed by atoms with Gasteiger partial charge in [-0.3, -0.25) is 4.99 Å². The SMILES string of the molecule is O=C1OCc2cc(-c3ccc(C=Nc4ccccc4)o3)ccc21. The van der Waals surface area contributed by atoms with Gasteiger partial charge < -0.3 is 9.15 Å². The number of nitrogens with zero attached hydrogens (tertiary/aromatic N) is 1. The number of hydrogen-bond acceptors (Lipinski definition) is 4. The molecule has 0 saturated heterocycles. The summed E-state index contributed by atoms with van der Waals surface area (Å²) in [6.07, 6.45) is 1.69. The summed E-state index contributed by atoms with van der Waals surface area (Å²) in [7, 11) is 0. The van der Waals surface area contributed by atoms with E-state index < -0.39 is 0 Å². The van der Waals surface area contributed by atoms with E-state index in [9.17, 15) is 4.79 Å². The van der Waals surface area contributed by atoms with Crippen LogP contribution in [-0.4, -0.2) is 12.2 Å². The predicted molar refractivity (Wildman–Crippen MR) is 87.0 cm³/mol. The standard InChI is InChI=1S/C19H13NO3/c21-19-17-8-6-13(10-14(17)12-22-19)18-9-7-16(23-18)11-20-15-4-2-1-3-5-15/h1-11H,12H2. The molecule has 0 unspecified atom stereocenters. The maximum atomic E-state index is 11.5. The van der Waals surface area contributed by atoms with Crippen LogP contribution >= 0.6 is 0 Å². The van der Waals surface area contributed by atoms with Crippen molar-refractivity contribution < 1.29 is 13.9 Å². The third kappa shape index (κ3) is 2.66. The van der Waals surface area contributed by atoms with Gasteiger partial charge in [0.15, 0.2) is 0 Å². The average molecular weight is 303 g/mol. The quantitative estimate of drug-likeness (QED) is 0.533. The summed E-state index contributed by atoms with van der Waals surface area (Å²) in [6, 6.07) is 19.0. The van der Waals surface area contributed by atoms with Crippen LogP contribution in [0.5, 0.6) is 0 Å². The number of aliphatic imine (C=N–C) groups is 1. The molecule has 0 aliphatic carbocycles. The zero-order valence-electron chi connectivity index (χ0n) is 12.2. The Hall–Kier alpha value is -3.14. The van der Waals surface area contributed by atoms with Crippen molar-refractivity contribution in [1.82, 2.24) is 0 Å². The van der Waals surface area contributed by atoms with Gasteiger partial charge in [0, 0.05) is 11.1 Å². The Kier molecular flexibility index (Phi) is 3.27. The average Bonchev–Trinajstić information content (AvgIpc) is 3.21. The van der Waals surface area contributed by atoms with Gasteiger partial charge >= 0.3 is 5.97 Å². The number of ether oxygens (including phenoxy) is 1. The molecule has 3 aromatic rings. The van der Waals surface area contributed by atoms with Gasteiger partial charge in [-0.25, -0.2) is 4.79 Å². The molecule has 0 saturated carbocycles. The third-order valence-corrected chi connectivity index (χ3v) is 3.69. The molecule has 0 N–H and O–H groups in total. The molecule has 4 nitrogen and oxygen atoms in total. The number of benzene rings is 2. The Morgan fingerprint density at radius 1 is 1.00 bits per heavy atom. The van der Waals surface area contributed by atoms with Crippen molar-refractivity contribution in [1.29, 1.82) is 0 Å². The Morgan fingerprint density at radius 3 is 2.74 bits per heavy atom. The number of cyclic esters (lactones) is 1. The van der Waals surface area contributed by atoms with Gasteiger partial charge in [0.05, 0.1) is 17.5 Å². The van der Waals surface area contributed by atoms with Crippen molar-refractivity contribution in [3.05, 3.63) is 77.6 Å². The van der Waals surface area contributed by atoms with Crippen LogP contribution in [0, 0.1) is 0 Å². The number of fused-ring (bicyclic) bond motifs is 1. The van der Waals surface area contributed by atoms with E-state index in [0.29, 0.717) is 17.9 Å². The molecule has 4 heteroatoms. The molecule has 0 atom stereocenters. The highest BCUT2D eigenvalue weighted by atomic mass is 16.5. The molecular formula is C19H13NO3. The highest BCUT2D eigenvalue weighted by molar-refractivity contribution is 5.94. The minimum Gasteiger partial charge on any atom is -0.457 e. The van der Waals surface area contributed by atoms with Crippen LogP contribution in [0.4, 0.5) is 5.69 Å². The fraction of sp³-hybridized carbons (Fsp3) is 0.0526. The number of carbonyl (C=O) groups is 1. The fourth-order valence-corrected chi connectivity index (χ4v) is 2.52. The summed E-state index contributed by atoms with van der Waals surface area (Å²) in [6.45, 7) is 0.324. The molecule has 0 radical (unpaired) electrons. The van der Waals surface area contributed by atoms with Gasteiger partial charge in [-0.15, -0.1) is 0 Å². The normalized spacial score (nSPS) is 13.3. The summed E-state index contributed by atoms with van der Waals surface area (Å²) < 4.78 is 10.8. The van der Waals surface area contributed by atoms with Gasteiger partial charge in [-0.1, -0.05) is 24.3 Å². The molecule has 1 aliphatic heterocycles. The summed E-state index contributed by atoms with van der Waals surface area (Å²) >= 11 is 0. The predicted octanol–water partition coefficient (Wildman–Crippen LogP) is 4.37. The van der Waals surface area contributed by atoms with Crippen LogP contribution in [0.15, 0.2) is 70.1 Å². The molecule has 23 heavy (non-hydrogen) atoms. The molecule has 0 bridgehead atoms. The van der Waals surface area contributed by atoms with Gasteiger partial charge in [-0.05, 0) is 36.4 Å². The zero-order valence-corrected chi connectivity index (χ0v) is 12.2. The number of rotatable bonds is 3. The number of hydrogen-bond donors (Lipinski definition) is 0. The lowest BCUT2D eigenvalue weighted by Gasteiger charge is -1.99. The second-order valence-corrected chi connectivity index (χ2v) is 5.24. The minimum atomic E-state index is -0.262. The van der Waals surface area contributed by atoms with E-state index in [1.165, 1.54) is 0 Å². The highest BCUT2D eigenvalue weighted by Crippen LogP contribution is 2.28. The van der Waals surface area contributed by atoms with Crippen molar-refractivity contribution in [3.8, 4) is 11.3 Å². The van der Waals surface area contributed by atoms with Crippen LogP contribution in [0.2, 0.25) is 0 Å². The smallest absolute Gasteiger partial charge is 0.338 e. The first-order valence-corrected chi connectivity index (χ1v) is 7.29. The van der Waals surface area contributed by atoms with Gasteiger partial charge in [0.1, 0.15) is 18.1 Å². The van der Waals surface area contributed by atoms with Crippen molar-refractivity contribution in [2.24, 2.45) is 4.99 Å². The molecule has 2 aromatic carbocycles. The van der Waals surface area contributed by atoms with Crippen molar-refractivity contribution in [2.75, 3.05) is 0 Å². The van der Waals surface area contributed by atoms with Gasteiger partial charge in [-0.2, -0.15) is 0 Å². The lowest BCUT2D eigenvalue weighted by Crippen LogP contribution is -1.92. The maximum absolute atomic E-state index is 11.5. The Balaban J connectivity index is 1.59. The summed E-state index contributed by atoms with van der Waals surface area (Å²) in [5.74, 6) is 1.15. The zero-order chi connectivity index (χ0) is 15.6. The monoisotopic (exact) mass is 303 g/mol. The largest absolute Gasteiger partial charge is 0.457 e. The van der Waals surface area contributed by atoms with Crippen LogP contribution in [0.25, 0.3) is 11.3 Å². The first kappa shape index (κ1) is 13.5. The van der Waals surface area contributed by atoms with Crippen LogP contribution in [0.1, 0.15) is 21.7 Å². The second-order valence-electron chi connectivity index (χ2n) is 5.24. The number of para-hydroxylation sites is 1. The second kappa shape index (κ2) is 5.57. The number of carbonyl (C=O) groups excluding carboxylic acids is 1. The number of furan rings is 1. The minimum absolute atomic E-state index is 0.262. The summed E-state index contributed by atoms with van der Waals surface area (Å²) in [4.78, 5) is 15.8.